The van der Waals surface area contributed by atoms with Crippen LogP contribution in [0.4, 0.5) is 0 Å². The maximum Gasteiger partial charge on any atom is 0.338 e. The Balaban J connectivity index is 2.16. The number of esters is 1. The number of carbonyl (C=O) groups excluding carboxylic acids is 2. The third kappa shape index (κ3) is 4.21. The Morgan fingerprint density at radius 1 is 1.08 bits per heavy atom. The Labute approximate surface area is 145 Å². The molecule has 7 heteroatoms. The van der Waals surface area contributed by atoms with Gasteiger partial charge >= 0.3 is 5.97 Å². The van der Waals surface area contributed by atoms with Gasteiger partial charge in [0.1, 0.15) is 0 Å². The molecule has 5 nitrogen and oxygen atoms in total. The minimum atomic E-state index is -3.45. The summed E-state index contributed by atoms with van der Waals surface area (Å²) in [6.07, 6.45) is 1.05. The molecule has 0 bridgehead atoms. The molecule has 0 fully saturated rings. The molecule has 0 saturated heterocycles. The number of benzene rings is 2. The minimum absolute atomic E-state index is 0.0116. The molecule has 0 heterocycles. The number of hydrogen-bond acceptors (Lipinski definition) is 5. The van der Waals surface area contributed by atoms with Crippen LogP contribution in [0.2, 0.25) is 5.02 Å². The first-order chi connectivity index (χ1) is 11.2. The number of ketones is 1. The molecule has 0 aromatic heterocycles. The van der Waals surface area contributed by atoms with Crippen molar-refractivity contribution >= 4 is 33.2 Å². The summed E-state index contributed by atoms with van der Waals surface area (Å²) in [5, 5.41) is 0.272. The first-order valence-corrected chi connectivity index (χ1v) is 9.22. The molecule has 2 rings (SSSR count). The summed E-state index contributed by atoms with van der Waals surface area (Å²) in [6, 6.07) is 10.6. The monoisotopic (exact) mass is 366 g/mol. The van der Waals surface area contributed by atoms with Crippen molar-refractivity contribution in [1.82, 2.24) is 0 Å². The molecule has 24 heavy (non-hydrogen) atoms. The van der Waals surface area contributed by atoms with Gasteiger partial charge in [0.15, 0.2) is 16.4 Å². The topological polar surface area (TPSA) is 77.5 Å². The van der Waals surface area contributed by atoms with E-state index in [1.165, 1.54) is 24.3 Å². The van der Waals surface area contributed by atoms with Crippen molar-refractivity contribution in [3.05, 3.63) is 64.2 Å². The molecule has 0 aliphatic heterocycles. The molecule has 0 amide bonds. The molecule has 0 aliphatic rings. The summed E-state index contributed by atoms with van der Waals surface area (Å²) in [5.74, 6) is -1.20. The van der Waals surface area contributed by atoms with E-state index < -0.39 is 28.2 Å². The number of aryl methyl sites for hydroxylation is 1. The first-order valence-electron chi connectivity index (χ1n) is 6.95. The third-order valence-corrected chi connectivity index (χ3v) is 4.81. The SMILES string of the molecule is Cc1ccc(S(C)(=O)=O)cc1C(=O)OCC(=O)c1ccccc1Cl. The largest absolute Gasteiger partial charge is 0.454 e. The second-order valence-corrected chi connectivity index (χ2v) is 7.65. The summed E-state index contributed by atoms with van der Waals surface area (Å²) in [7, 11) is -3.45. The van der Waals surface area contributed by atoms with Crippen LogP contribution in [0.15, 0.2) is 47.4 Å². The molecule has 2 aromatic rings. The zero-order valence-electron chi connectivity index (χ0n) is 13.1. The Morgan fingerprint density at radius 2 is 1.75 bits per heavy atom. The summed E-state index contributed by atoms with van der Waals surface area (Å²) < 4.78 is 28.2. The molecule has 0 unspecified atom stereocenters. The average Bonchev–Trinajstić information content (AvgIpc) is 2.52. The van der Waals surface area contributed by atoms with E-state index in [1.807, 2.05) is 0 Å². The molecule has 2 aromatic carbocycles. The predicted octanol–water partition coefficient (Wildman–Crippen LogP) is 3.09. The van der Waals surface area contributed by atoms with Gasteiger partial charge < -0.3 is 4.74 Å². The van der Waals surface area contributed by atoms with Gasteiger partial charge in [-0.15, -0.1) is 0 Å². The van der Waals surface area contributed by atoms with E-state index in [4.69, 9.17) is 16.3 Å². The second kappa shape index (κ2) is 7.15. The van der Waals surface area contributed by atoms with E-state index in [0.717, 1.165) is 6.26 Å². The number of Topliss-reactive ketones (excluding diaryl/α,β-unsaturated/α-hetero) is 1. The number of ether oxygens (including phenoxy) is 1. The highest BCUT2D eigenvalue weighted by Gasteiger charge is 2.18. The van der Waals surface area contributed by atoms with Crippen LogP contribution in [0, 0.1) is 6.92 Å². The van der Waals surface area contributed by atoms with Gasteiger partial charge in [0.25, 0.3) is 0 Å². The Morgan fingerprint density at radius 3 is 2.38 bits per heavy atom. The van der Waals surface area contributed by atoms with Crippen LogP contribution in [-0.4, -0.2) is 33.0 Å². The van der Waals surface area contributed by atoms with Crippen molar-refractivity contribution in [3.8, 4) is 0 Å². The van der Waals surface area contributed by atoms with Crippen molar-refractivity contribution in [3.63, 3.8) is 0 Å². The predicted molar refractivity (Wildman–Crippen MR) is 90.4 cm³/mol. The average molecular weight is 367 g/mol. The molecule has 0 N–H and O–H groups in total. The Bertz CT molecular complexity index is 903. The van der Waals surface area contributed by atoms with Crippen molar-refractivity contribution in [2.24, 2.45) is 0 Å². The minimum Gasteiger partial charge on any atom is -0.454 e. The highest BCUT2D eigenvalue weighted by atomic mass is 35.5. The first kappa shape index (κ1) is 18.2. The maximum absolute atomic E-state index is 12.2. The van der Waals surface area contributed by atoms with Crippen LogP contribution in [-0.2, 0) is 14.6 Å². The van der Waals surface area contributed by atoms with Crippen molar-refractivity contribution in [1.29, 1.82) is 0 Å². The lowest BCUT2D eigenvalue weighted by Crippen LogP contribution is -2.16. The molecule has 0 spiro atoms. The molecule has 126 valence electrons. The van der Waals surface area contributed by atoms with Gasteiger partial charge in [0.05, 0.1) is 15.5 Å². The van der Waals surface area contributed by atoms with E-state index in [9.17, 15) is 18.0 Å². The zero-order valence-corrected chi connectivity index (χ0v) is 14.6. The van der Waals surface area contributed by atoms with Crippen LogP contribution >= 0.6 is 11.6 Å². The van der Waals surface area contributed by atoms with Crippen molar-refractivity contribution in [2.75, 3.05) is 12.9 Å². The fourth-order valence-corrected chi connectivity index (χ4v) is 2.91. The van der Waals surface area contributed by atoms with E-state index in [1.54, 1.807) is 25.1 Å². The second-order valence-electron chi connectivity index (χ2n) is 5.23. The van der Waals surface area contributed by atoms with Crippen LogP contribution in [0.5, 0.6) is 0 Å². The van der Waals surface area contributed by atoms with Crippen molar-refractivity contribution in [2.45, 2.75) is 11.8 Å². The summed E-state index contributed by atoms with van der Waals surface area (Å²) in [4.78, 5) is 24.2. The lowest BCUT2D eigenvalue weighted by molar-refractivity contribution is 0.0473. The fraction of sp³-hybridized carbons (Fsp3) is 0.176. The lowest BCUT2D eigenvalue weighted by atomic mass is 10.1. The van der Waals surface area contributed by atoms with Gasteiger partial charge in [-0.25, -0.2) is 13.2 Å². The van der Waals surface area contributed by atoms with E-state index >= 15 is 0 Å². The highest BCUT2D eigenvalue weighted by Crippen LogP contribution is 2.18. The van der Waals surface area contributed by atoms with Crippen LogP contribution in [0.25, 0.3) is 0 Å². The van der Waals surface area contributed by atoms with Gasteiger partial charge in [0, 0.05) is 11.8 Å². The maximum atomic E-state index is 12.2. The quantitative estimate of drug-likeness (QED) is 0.600. The van der Waals surface area contributed by atoms with Crippen LogP contribution in [0.3, 0.4) is 0 Å². The molecular formula is C17H15ClO5S. The lowest BCUT2D eigenvalue weighted by Gasteiger charge is -2.09. The third-order valence-electron chi connectivity index (χ3n) is 3.37. The van der Waals surface area contributed by atoms with Gasteiger partial charge in [-0.1, -0.05) is 29.8 Å². The normalized spacial score (nSPS) is 11.1. The van der Waals surface area contributed by atoms with Gasteiger partial charge in [-0.3, -0.25) is 4.79 Å². The van der Waals surface area contributed by atoms with E-state index in [2.05, 4.69) is 0 Å². The number of hydrogen-bond donors (Lipinski definition) is 0. The zero-order chi connectivity index (χ0) is 17.9. The number of sulfone groups is 1. The standard InChI is InChI=1S/C17H15ClO5S/c1-11-7-8-12(24(2,21)22)9-14(11)17(20)23-10-16(19)13-5-3-4-6-15(13)18/h3-9H,10H2,1-2H3. The molecule has 0 radical (unpaired) electrons. The van der Waals surface area contributed by atoms with E-state index in [0.29, 0.717) is 5.56 Å². The van der Waals surface area contributed by atoms with E-state index in [-0.39, 0.29) is 21.0 Å². The highest BCUT2D eigenvalue weighted by molar-refractivity contribution is 7.90. The molecule has 0 aliphatic carbocycles. The van der Waals surface area contributed by atoms with Crippen molar-refractivity contribution < 1.29 is 22.7 Å². The fourth-order valence-electron chi connectivity index (χ4n) is 2.03. The summed E-state index contributed by atoms with van der Waals surface area (Å²) >= 11 is 5.92. The Kier molecular flexibility index (Phi) is 5.41. The summed E-state index contributed by atoms with van der Waals surface area (Å²) in [6.45, 7) is 1.17. The summed E-state index contributed by atoms with van der Waals surface area (Å²) in [5.41, 5.74) is 0.913. The van der Waals surface area contributed by atoms with Crippen LogP contribution < -0.4 is 0 Å². The molecular weight excluding hydrogens is 352 g/mol. The smallest absolute Gasteiger partial charge is 0.338 e. The number of rotatable bonds is 5. The number of carbonyl (C=O) groups is 2. The molecule has 0 atom stereocenters. The molecule has 0 saturated carbocycles. The van der Waals surface area contributed by atoms with Crippen LogP contribution in [0.1, 0.15) is 26.3 Å². The van der Waals surface area contributed by atoms with Gasteiger partial charge in [-0.2, -0.15) is 0 Å². The Hall–Kier alpha value is -2.18. The number of halogens is 1. The van der Waals surface area contributed by atoms with Gasteiger partial charge in [0.2, 0.25) is 5.78 Å². The van der Waals surface area contributed by atoms with Gasteiger partial charge in [-0.05, 0) is 36.8 Å².